The van der Waals surface area contributed by atoms with E-state index in [4.69, 9.17) is 15.7 Å². The lowest BCUT2D eigenvalue weighted by atomic mass is 9.75. The topological polar surface area (TPSA) is 0 Å². The van der Waals surface area contributed by atoms with Crippen LogP contribution in [0.1, 0.15) is 22.3 Å². The molecule has 2 aromatic carbocycles. The second-order valence-corrected chi connectivity index (χ2v) is 5.17. The molecule has 0 saturated carbocycles. The van der Waals surface area contributed by atoms with E-state index >= 15 is 0 Å². The molecule has 2 aliphatic rings. The van der Waals surface area contributed by atoms with Gasteiger partial charge < -0.3 is 0 Å². The Balaban J connectivity index is 2.20. The van der Waals surface area contributed by atoms with Gasteiger partial charge in [-0.3, -0.25) is 0 Å². The van der Waals surface area contributed by atoms with E-state index in [-0.39, 0.29) is 0 Å². The Morgan fingerprint density at radius 2 is 1.11 bits per heavy atom. The monoisotopic (exact) mass is 224 g/mol. The van der Waals surface area contributed by atoms with Gasteiger partial charge in [-0.05, 0) is 45.9 Å². The Labute approximate surface area is 109 Å². The van der Waals surface area contributed by atoms with E-state index in [1.165, 1.54) is 33.0 Å². The highest BCUT2D eigenvalue weighted by Gasteiger charge is 2.18. The van der Waals surface area contributed by atoms with Gasteiger partial charge in [0, 0.05) is 0 Å². The lowest BCUT2D eigenvalue weighted by molar-refractivity contribution is 1.22. The molecule has 0 amide bonds. The fourth-order valence-corrected chi connectivity index (χ4v) is 3.17. The molecule has 0 fully saturated rings. The highest BCUT2D eigenvalue weighted by atomic mass is 14.2. The van der Waals surface area contributed by atoms with Crippen LogP contribution in [-0.2, 0) is 12.8 Å². The number of rotatable bonds is 0. The zero-order valence-corrected chi connectivity index (χ0v) is 10.0. The first-order valence-corrected chi connectivity index (χ1v) is 6.22. The van der Waals surface area contributed by atoms with Gasteiger partial charge in [-0.25, -0.2) is 0 Å². The maximum Gasteiger partial charge on any atom is 0.108 e. The van der Waals surface area contributed by atoms with Gasteiger partial charge in [-0.1, -0.05) is 36.4 Å². The summed E-state index contributed by atoms with van der Waals surface area (Å²) in [6.45, 7) is 0. The molecule has 0 atom stereocenters. The Morgan fingerprint density at radius 1 is 0.667 bits per heavy atom. The molecule has 0 unspecified atom stereocenters. The van der Waals surface area contributed by atoms with Gasteiger partial charge in [0.25, 0.3) is 0 Å². The van der Waals surface area contributed by atoms with Crippen molar-refractivity contribution in [3.63, 3.8) is 0 Å². The van der Waals surface area contributed by atoms with E-state index in [9.17, 15) is 0 Å². The summed E-state index contributed by atoms with van der Waals surface area (Å²) in [7, 11) is 12.0. The van der Waals surface area contributed by atoms with E-state index in [1.54, 1.807) is 0 Å². The third kappa shape index (κ3) is 1.29. The number of benzene rings is 2. The molecule has 2 aromatic rings. The summed E-state index contributed by atoms with van der Waals surface area (Å²) < 4.78 is 0. The van der Waals surface area contributed by atoms with E-state index < -0.39 is 0 Å². The van der Waals surface area contributed by atoms with Gasteiger partial charge in [0.2, 0.25) is 0 Å². The normalized spacial score (nSPS) is 16.4. The molecule has 0 aliphatic heterocycles. The molecule has 0 saturated heterocycles. The van der Waals surface area contributed by atoms with Crippen molar-refractivity contribution in [3.05, 3.63) is 57.5 Å². The van der Waals surface area contributed by atoms with Crippen molar-refractivity contribution < 1.29 is 0 Å². The molecular weight excluding hydrogens is 214 g/mol. The lowest BCUT2D eigenvalue weighted by Gasteiger charge is -2.23. The maximum absolute atomic E-state index is 6.00. The minimum Gasteiger partial charge on any atom is -0.113 e. The standard InChI is InChI=1S/C16H10B2/c17-13-5-9-1-2-10-6-14(18)8-12-4-3-11(7-13)15(9)16(10)12/h1-5,8H,6-7H2. The molecule has 0 heterocycles. The van der Waals surface area contributed by atoms with Crippen molar-refractivity contribution in [2.45, 2.75) is 12.8 Å². The second-order valence-electron chi connectivity index (χ2n) is 5.17. The molecule has 0 spiro atoms. The van der Waals surface area contributed by atoms with Crippen LogP contribution in [0.15, 0.2) is 35.2 Å². The summed E-state index contributed by atoms with van der Waals surface area (Å²) in [6, 6.07) is 8.69. The van der Waals surface area contributed by atoms with Gasteiger partial charge in [0.05, 0.1) is 0 Å². The average molecular weight is 224 g/mol. The quantitative estimate of drug-likeness (QED) is 0.603. The number of hydrogen-bond acceptors (Lipinski definition) is 0. The van der Waals surface area contributed by atoms with Crippen LogP contribution in [0.4, 0.5) is 0 Å². The van der Waals surface area contributed by atoms with Gasteiger partial charge >= 0.3 is 0 Å². The van der Waals surface area contributed by atoms with Crippen LogP contribution < -0.4 is 0 Å². The molecule has 4 radical (unpaired) electrons. The molecular formula is C16H10B2. The van der Waals surface area contributed by atoms with E-state index in [0.29, 0.717) is 0 Å². The van der Waals surface area contributed by atoms with Crippen LogP contribution in [0.25, 0.3) is 22.9 Å². The summed E-state index contributed by atoms with van der Waals surface area (Å²) >= 11 is 0. The van der Waals surface area contributed by atoms with Gasteiger partial charge in [-0.15, -0.1) is 10.9 Å². The summed E-state index contributed by atoms with van der Waals surface area (Å²) in [4.78, 5) is 0. The number of hydrogen-bond donors (Lipinski definition) is 0. The largest absolute Gasteiger partial charge is 0.113 e. The van der Waals surface area contributed by atoms with E-state index in [2.05, 4.69) is 36.4 Å². The summed E-state index contributed by atoms with van der Waals surface area (Å²) in [6.07, 6.45) is 5.90. The summed E-state index contributed by atoms with van der Waals surface area (Å²) in [5.74, 6) is 0. The predicted octanol–water partition coefficient (Wildman–Crippen LogP) is 2.97. The minimum atomic E-state index is 0.854. The van der Waals surface area contributed by atoms with Crippen molar-refractivity contribution in [1.29, 1.82) is 0 Å². The second kappa shape index (κ2) is 3.41. The Bertz CT molecular complexity index is 686. The SMILES string of the molecule is [B]C1=Cc2ccc3c4c(ccc(c24)C1)C=C([B])C3. The summed E-state index contributed by atoms with van der Waals surface area (Å²) in [5.41, 5.74) is 7.03. The zero-order valence-electron chi connectivity index (χ0n) is 10.0. The van der Waals surface area contributed by atoms with Crippen LogP contribution >= 0.6 is 0 Å². The van der Waals surface area contributed by atoms with Gasteiger partial charge in [-0.2, -0.15) is 0 Å². The first-order chi connectivity index (χ1) is 8.72. The van der Waals surface area contributed by atoms with E-state index in [1.807, 2.05) is 0 Å². The highest BCUT2D eigenvalue weighted by molar-refractivity contribution is 6.27. The average Bonchev–Trinajstić information content (AvgIpc) is 2.34. The van der Waals surface area contributed by atoms with Crippen LogP contribution in [-0.4, -0.2) is 15.7 Å². The molecule has 2 aliphatic carbocycles. The van der Waals surface area contributed by atoms with Crippen molar-refractivity contribution in [3.8, 4) is 0 Å². The van der Waals surface area contributed by atoms with E-state index in [0.717, 1.165) is 23.8 Å². The predicted molar refractivity (Wildman–Crippen MR) is 78.8 cm³/mol. The molecule has 80 valence electrons. The number of allylic oxidation sites excluding steroid dienone is 2. The Morgan fingerprint density at radius 3 is 1.56 bits per heavy atom. The first kappa shape index (κ1) is 10.3. The van der Waals surface area contributed by atoms with Gasteiger partial charge in [0.15, 0.2) is 0 Å². The Kier molecular flexibility index (Phi) is 1.94. The molecule has 4 rings (SSSR count). The molecule has 0 bridgehead atoms. The van der Waals surface area contributed by atoms with Crippen molar-refractivity contribution in [2.24, 2.45) is 0 Å². The summed E-state index contributed by atoms with van der Waals surface area (Å²) in [5, 5.41) is 2.73. The van der Waals surface area contributed by atoms with Crippen molar-refractivity contribution in [2.75, 3.05) is 0 Å². The first-order valence-electron chi connectivity index (χ1n) is 6.22. The highest BCUT2D eigenvalue weighted by Crippen LogP contribution is 2.38. The zero-order chi connectivity index (χ0) is 12.3. The fourth-order valence-electron chi connectivity index (χ4n) is 3.17. The van der Waals surface area contributed by atoms with Crippen molar-refractivity contribution >= 4 is 38.6 Å². The lowest BCUT2D eigenvalue weighted by Crippen LogP contribution is -2.05. The molecule has 2 heteroatoms. The fraction of sp³-hybridized carbons (Fsp3) is 0.125. The van der Waals surface area contributed by atoms with Crippen LogP contribution in [0.3, 0.4) is 0 Å². The third-order valence-electron chi connectivity index (χ3n) is 3.87. The van der Waals surface area contributed by atoms with Gasteiger partial charge in [0.1, 0.15) is 15.7 Å². The smallest absolute Gasteiger partial charge is 0.108 e. The van der Waals surface area contributed by atoms with Crippen LogP contribution in [0.5, 0.6) is 0 Å². The minimum absolute atomic E-state index is 0.854. The maximum atomic E-state index is 6.00. The van der Waals surface area contributed by atoms with Crippen LogP contribution in [0, 0.1) is 0 Å². The molecule has 18 heavy (non-hydrogen) atoms. The molecule has 0 nitrogen and oxygen atoms in total. The third-order valence-corrected chi connectivity index (χ3v) is 3.87. The Hall–Kier alpha value is -1.69. The molecule has 0 aromatic heterocycles. The molecule has 0 N–H and O–H groups in total. The van der Waals surface area contributed by atoms with Crippen molar-refractivity contribution in [1.82, 2.24) is 0 Å². The van der Waals surface area contributed by atoms with Crippen LogP contribution in [0.2, 0.25) is 0 Å².